The first kappa shape index (κ1) is 7.99. The highest BCUT2D eigenvalue weighted by Gasteiger charge is 2.28. The summed E-state index contributed by atoms with van der Waals surface area (Å²) in [6.07, 6.45) is 3.11. The third kappa shape index (κ3) is 1.48. The SMILES string of the molecule is CC[C@@H]1CCC[C@@H](F)[C@@H]1N. The lowest BCUT2D eigenvalue weighted by Gasteiger charge is -2.30. The van der Waals surface area contributed by atoms with E-state index in [-0.39, 0.29) is 6.04 Å². The number of hydrogen-bond donors (Lipinski definition) is 1. The van der Waals surface area contributed by atoms with Crippen LogP contribution in [0.1, 0.15) is 32.6 Å². The molecule has 0 aromatic heterocycles. The second-order valence-corrected chi connectivity index (χ2v) is 3.19. The maximum Gasteiger partial charge on any atom is 0.115 e. The van der Waals surface area contributed by atoms with Gasteiger partial charge in [-0.2, -0.15) is 0 Å². The summed E-state index contributed by atoms with van der Waals surface area (Å²) in [7, 11) is 0. The van der Waals surface area contributed by atoms with Gasteiger partial charge in [-0.25, -0.2) is 4.39 Å². The first-order chi connectivity index (χ1) is 4.75. The van der Waals surface area contributed by atoms with Crippen LogP contribution in [0.15, 0.2) is 0 Å². The zero-order valence-corrected chi connectivity index (χ0v) is 6.52. The Kier molecular flexibility index (Phi) is 2.66. The van der Waals surface area contributed by atoms with Crippen LogP contribution in [0.5, 0.6) is 0 Å². The lowest BCUT2D eigenvalue weighted by atomic mass is 9.82. The molecule has 0 spiro atoms. The van der Waals surface area contributed by atoms with Gasteiger partial charge in [0.25, 0.3) is 0 Å². The van der Waals surface area contributed by atoms with E-state index in [1.54, 1.807) is 0 Å². The molecule has 0 saturated heterocycles. The second kappa shape index (κ2) is 3.33. The highest BCUT2D eigenvalue weighted by molar-refractivity contribution is 4.84. The predicted octanol–water partition coefficient (Wildman–Crippen LogP) is 1.86. The first-order valence-electron chi connectivity index (χ1n) is 4.15. The standard InChI is InChI=1S/C8H16FN/c1-2-6-4-3-5-7(9)8(6)10/h6-8H,2-5,10H2,1H3/t6-,7-,8-/m1/s1. The van der Waals surface area contributed by atoms with Crippen molar-refractivity contribution in [1.82, 2.24) is 0 Å². The molecule has 1 aliphatic rings. The Balaban J connectivity index is 2.42. The van der Waals surface area contributed by atoms with Crippen LogP contribution in [-0.4, -0.2) is 12.2 Å². The Bertz CT molecular complexity index is 105. The van der Waals surface area contributed by atoms with Crippen molar-refractivity contribution in [1.29, 1.82) is 0 Å². The average molecular weight is 145 g/mol. The maximum absolute atomic E-state index is 12.9. The molecule has 2 N–H and O–H groups in total. The monoisotopic (exact) mass is 145 g/mol. The molecule has 3 atom stereocenters. The Morgan fingerprint density at radius 3 is 2.70 bits per heavy atom. The smallest absolute Gasteiger partial charge is 0.115 e. The van der Waals surface area contributed by atoms with Crippen molar-refractivity contribution in [3.8, 4) is 0 Å². The van der Waals surface area contributed by atoms with Gasteiger partial charge in [0.2, 0.25) is 0 Å². The maximum atomic E-state index is 12.9. The molecule has 10 heavy (non-hydrogen) atoms. The molecule has 0 aliphatic heterocycles. The van der Waals surface area contributed by atoms with Crippen LogP contribution in [0, 0.1) is 5.92 Å². The van der Waals surface area contributed by atoms with E-state index in [4.69, 9.17) is 5.73 Å². The van der Waals surface area contributed by atoms with Gasteiger partial charge in [-0.3, -0.25) is 0 Å². The number of alkyl halides is 1. The van der Waals surface area contributed by atoms with Gasteiger partial charge < -0.3 is 5.73 Å². The third-order valence-corrected chi connectivity index (χ3v) is 2.54. The average Bonchev–Trinajstić information content (AvgIpc) is 1.95. The molecule has 60 valence electrons. The van der Waals surface area contributed by atoms with Crippen molar-refractivity contribution in [3.63, 3.8) is 0 Å². The minimum atomic E-state index is -0.737. The van der Waals surface area contributed by atoms with E-state index < -0.39 is 6.17 Å². The van der Waals surface area contributed by atoms with Gasteiger partial charge in [0.05, 0.1) is 0 Å². The fourth-order valence-electron chi connectivity index (χ4n) is 1.73. The predicted molar refractivity (Wildman–Crippen MR) is 40.5 cm³/mol. The van der Waals surface area contributed by atoms with Crippen molar-refractivity contribution < 1.29 is 4.39 Å². The number of halogens is 1. The van der Waals surface area contributed by atoms with Crippen molar-refractivity contribution in [2.45, 2.75) is 44.8 Å². The van der Waals surface area contributed by atoms with Crippen LogP contribution in [0.2, 0.25) is 0 Å². The van der Waals surface area contributed by atoms with E-state index >= 15 is 0 Å². The van der Waals surface area contributed by atoms with Crippen LogP contribution in [0.3, 0.4) is 0 Å². The summed E-state index contributed by atoms with van der Waals surface area (Å²) in [6, 6.07) is -0.182. The second-order valence-electron chi connectivity index (χ2n) is 3.19. The van der Waals surface area contributed by atoms with Crippen molar-refractivity contribution in [2.24, 2.45) is 11.7 Å². The molecule has 0 aromatic carbocycles. The van der Waals surface area contributed by atoms with Gasteiger partial charge in [-0.1, -0.05) is 19.8 Å². The van der Waals surface area contributed by atoms with Crippen molar-refractivity contribution >= 4 is 0 Å². The Morgan fingerprint density at radius 2 is 2.20 bits per heavy atom. The van der Waals surface area contributed by atoms with Gasteiger partial charge in [0.15, 0.2) is 0 Å². The summed E-state index contributed by atoms with van der Waals surface area (Å²) in [5.41, 5.74) is 5.66. The molecule has 1 aliphatic carbocycles. The summed E-state index contributed by atoms with van der Waals surface area (Å²) in [4.78, 5) is 0. The number of hydrogen-bond acceptors (Lipinski definition) is 1. The molecule has 0 aromatic rings. The van der Waals surface area contributed by atoms with Crippen molar-refractivity contribution in [2.75, 3.05) is 0 Å². The van der Waals surface area contributed by atoms with E-state index in [1.807, 2.05) is 0 Å². The van der Waals surface area contributed by atoms with Crippen LogP contribution in [0.25, 0.3) is 0 Å². The molecular formula is C8H16FN. The van der Waals surface area contributed by atoms with Gasteiger partial charge in [-0.05, 0) is 18.8 Å². The summed E-state index contributed by atoms with van der Waals surface area (Å²) in [6.45, 7) is 2.09. The summed E-state index contributed by atoms with van der Waals surface area (Å²) in [5.74, 6) is 0.434. The van der Waals surface area contributed by atoms with Crippen LogP contribution >= 0.6 is 0 Å². The Hall–Kier alpha value is -0.110. The lowest BCUT2D eigenvalue weighted by molar-refractivity contribution is 0.160. The Morgan fingerprint density at radius 1 is 1.50 bits per heavy atom. The fraction of sp³-hybridized carbons (Fsp3) is 1.00. The van der Waals surface area contributed by atoms with Gasteiger partial charge in [0.1, 0.15) is 6.17 Å². The lowest BCUT2D eigenvalue weighted by Crippen LogP contribution is -2.41. The van der Waals surface area contributed by atoms with E-state index in [0.29, 0.717) is 12.3 Å². The van der Waals surface area contributed by atoms with E-state index in [9.17, 15) is 4.39 Å². The Labute approximate surface area is 61.8 Å². The molecule has 1 saturated carbocycles. The van der Waals surface area contributed by atoms with E-state index in [2.05, 4.69) is 6.92 Å². The minimum Gasteiger partial charge on any atom is -0.325 e. The number of nitrogens with two attached hydrogens (primary N) is 1. The summed E-state index contributed by atoms with van der Waals surface area (Å²) in [5, 5.41) is 0. The van der Waals surface area contributed by atoms with Crippen LogP contribution < -0.4 is 5.73 Å². The fourth-order valence-corrected chi connectivity index (χ4v) is 1.73. The van der Waals surface area contributed by atoms with Crippen molar-refractivity contribution in [3.05, 3.63) is 0 Å². The first-order valence-corrected chi connectivity index (χ1v) is 4.15. The highest BCUT2D eigenvalue weighted by atomic mass is 19.1. The quantitative estimate of drug-likeness (QED) is 0.598. The minimum absolute atomic E-state index is 0.182. The molecule has 0 unspecified atom stereocenters. The molecule has 0 radical (unpaired) electrons. The summed E-state index contributed by atoms with van der Waals surface area (Å²) < 4.78 is 12.9. The van der Waals surface area contributed by atoms with Crippen LogP contribution in [0.4, 0.5) is 4.39 Å². The third-order valence-electron chi connectivity index (χ3n) is 2.54. The topological polar surface area (TPSA) is 26.0 Å². The largest absolute Gasteiger partial charge is 0.325 e. The molecule has 1 rings (SSSR count). The molecule has 1 fully saturated rings. The molecular weight excluding hydrogens is 129 g/mol. The molecule has 0 heterocycles. The van der Waals surface area contributed by atoms with Crippen LogP contribution in [-0.2, 0) is 0 Å². The summed E-state index contributed by atoms with van der Waals surface area (Å²) >= 11 is 0. The number of rotatable bonds is 1. The molecule has 1 nitrogen and oxygen atoms in total. The van der Waals surface area contributed by atoms with Gasteiger partial charge >= 0.3 is 0 Å². The zero-order chi connectivity index (χ0) is 7.56. The molecule has 2 heteroatoms. The highest BCUT2D eigenvalue weighted by Crippen LogP contribution is 2.27. The molecule has 0 amide bonds. The van der Waals surface area contributed by atoms with E-state index in [0.717, 1.165) is 19.3 Å². The van der Waals surface area contributed by atoms with Gasteiger partial charge in [0, 0.05) is 6.04 Å². The normalized spacial score (nSPS) is 41.7. The van der Waals surface area contributed by atoms with E-state index in [1.165, 1.54) is 0 Å². The zero-order valence-electron chi connectivity index (χ0n) is 6.52. The van der Waals surface area contributed by atoms with Gasteiger partial charge in [-0.15, -0.1) is 0 Å². The molecule has 0 bridgehead atoms.